The van der Waals surface area contributed by atoms with E-state index in [0.29, 0.717) is 6.61 Å². The number of rotatable bonds is 3. The zero-order valence-corrected chi connectivity index (χ0v) is 19.5. The van der Waals surface area contributed by atoms with Gasteiger partial charge >= 0.3 is 6.09 Å². The number of carbonyl (C=O) groups excluding carboxylic acids is 1. The number of fused-ring (bicyclic) bond motifs is 6. The summed E-state index contributed by atoms with van der Waals surface area (Å²) in [6.07, 6.45) is 7.86. The molecule has 1 fully saturated rings. The van der Waals surface area contributed by atoms with Crippen LogP contribution in [0.4, 0.5) is 4.79 Å². The van der Waals surface area contributed by atoms with Gasteiger partial charge in [0.1, 0.15) is 12.2 Å². The van der Waals surface area contributed by atoms with Crippen LogP contribution in [-0.4, -0.2) is 29.7 Å². The molecule has 0 N–H and O–H groups in total. The number of nitrogens with zero attached hydrogens (tertiary/aromatic N) is 1. The Kier molecular flexibility index (Phi) is 4.80. The van der Waals surface area contributed by atoms with Gasteiger partial charge in [0.15, 0.2) is 0 Å². The predicted molar refractivity (Wildman–Crippen MR) is 137 cm³/mol. The van der Waals surface area contributed by atoms with Crippen molar-refractivity contribution in [1.82, 2.24) is 4.90 Å². The van der Waals surface area contributed by atoms with Gasteiger partial charge in [0.05, 0.1) is 12.3 Å². The van der Waals surface area contributed by atoms with E-state index in [9.17, 15) is 4.79 Å². The first kappa shape index (κ1) is 20.6. The molecule has 3 aliphatic rings. The summed E-state index contributed by atoms with van der Waals surface area (Å²) in [5, 5.41) is 1.12. The number of benzene rings is 3. The predicted octanol–water partition coefficient (Wildman–Crippen LogP) is 7.39. The lowest BCUT2D eigenvalue weighted by atomic mass is 9.83. The number of hydrogen-bond acceptors (Lipinski definition) is 3. The molecule has 3 aromatic carbocycles. The van der Waals surface area contributed by atoms with E-state index < -0.39 is 0 Å². The molecule has 1 saturated heterocycles. The summed E-state index contributed by atoms with van der Waals surface area (Å²) in [6.45, 7) is 0.372. The minimum Gasteiger partial charge on any atom is -0.464 e. The summed E-state index contributed by atoms with van der Waals surface area (Å²) >= 11 is 0. The molecule has 2 bridgehead atoms. The first-order chi connectivity index (χ1) is 17.3. The Bertz CT molecular complexity index is 1420. The fourth-order valence-corrected chi connectivity index (χ4v) is 6.36. The minimum atomic E-state index is -0.179. The Hall–Kier alpha value is -3.79. The molecule has 1 aliphatic carbocycles. The van der Waals surface area contributed by atoms with E-state index in [1.165, 1.54) is 33.4 Å². The molecular formula is C31H27NO3. The zero-order valence-electron chi connectivity index (χ0n) is 19.5. The first-order valence-electron chi connectivity index (χ1n) is 12.6. The fourth-order valence-electron chi connectivity index (χ4n) is 6.36. The molecule has 2 aliphatic heterocycles. The van der Waals surface area contributed by atoms with E-state index in [4.69, 9.17) is 9.15 Å². The van der Waals surface area contributed by atoms with Crippen molar-refractivity contribution in [2.75, 3.05) is 6.61 Å². The van der Waals surface area contributed by atoms with E-state index >= 15 is 0 Å². The molecule has 1 aromatic heterocycles. The standard InChI is InChI=1S/C31H27NO3/c33-31(35-19-29-27-10-3-1-8-25(27)26-9-2-4-11-28(26)29)32-23-6-5-7-24(32)18-22(17-23)20-12-13-30-21(16-20)14-15-34-30/h1-4,8-17,23-24,29H,5-7,18-19H2. The largest absolute Gasteiger partial charge is 0.464 e. The van der Waals surface area contributed by atoms with Gasteiger partial charge in [0.25, 0.3) is 0 Å². The van der Waals surface area contributed by atoms with Crippen molar-refractivity contribution in [2.24, 2.45) is 0 Å². The third kappa shape index (κ3) is 3.39. The van der Waals surface area contributed by atoms with Gasteiger partial charge in [-0.25, -0.2) is 4.79 Å². The van der Waals surface area contributed by atoms with Gasteiger partial charge in [-0.1, -0.05) is 60.7 Å². The van der Waals surface area contributed by atoms with Crippen LogP contribution in [0.25, 0.3) is 27.7 Å². The van der Waals surface area contributed by atoms with E-state index in [2.05, 4.69) is 66.7 Å². The van der Waals surface area contributed by atoms with Gasteiger partial charge in [0, 0.05) is 17.3 Å². The monoisotopic (exact) mass is 461 g/mol. The summed E-state index contributed by atoms with van der Waals surface area (Å²) in [5.74, 6) is 0.0868. The van der Waals surface area contributed by atoms with E-state index in [1.807, 2.05) is 17.0 Å². The molecule has 4 aromatic rings. The lowest BCUT2D eigenvalue weighted by Gasteiger charge is -2.44. The summed E-state index contributed by atoms with van der Waals surface area (Å²) in [7, 11) is 0. The topological polar surface area (TPSA) is 42.7 Å². The van der Waals surface area contributed by atoms with Crippen molar-refractivity contribution in [3.05, 3.63) is 102 Å². The maximum Gasteiger partial charge on any atom is 0.410 e. The summed E-state index contributed by atoms with van der Waals surface area (Å²) < 4.78 is 11.6. The highest BCUT2D eigenvalue weighted by Gasteiger charge is 2.39. The second kappa shape index (κ2) is 8.16. The molecule has 2 atom stereocenters. The van der Waals surface area contributed by atoms with Gasteiger partial charge < -0.3 is 9.15 Å². The van der Waals surface area contributed by atoms with Crippen LogP contribution in [-0.2, 0) is 4.74 Å². The SMILES string of the molecule is O=C(OCC1c2ccccc2-c2ccccc21)N1C2C=C(c3ccc4occc4c3)CC1CCC2. The second-order valence-corrected chi connectivity index (χ2v) is 9.93. The van der Waals surface area contributed by atoms with E-state index in [0.717, 1.165) is 36.7 Å². The van der Waals surface area contributed by atoms with Crippen molar-refractivity contribution in [2.45, 2.75) is 43.7 Å². The van der Waals surface area contributed by atoms with Crippen molar-refractivity contribution in [3.63, 3.8) is 0 Å². The lowest BCUT2D eigenvalue weighted by Crippen LogP contribution is -2.51. The quantitative estimate of drug-likeness (QED) is 0.319. The van der Waals surface area contributed by atoms with Crippen LogP contribution < -0.4 is 0 Å². The zero-order chi connectivity index (χ0) is 23.4. The molecule has 174 valence electrons. The normalized spacial score (nSPS) is 20.9. The summed E-state index contributed by atoms with van der Waals surface area (Å²) in [6, 6.07) is 25.6. The maximum atomic E-state index is 13.4. The fraction of sp³-hybridized carbons (Fsp3) is 0.258. The minimum absolute atomic E-state index is 0.0868. The molecule has 4 nitrogen and oxygen atoms in total. The third-order valence-corrected chi connectivity index (χ3v) is 8.01. The van der Waals surface area contributed by atoms with E-state index in [1.54, 1.807) is 6.26 Å². The summed E-state index contributed by atoms with van der Waals surface area (Å²) in [4.78, 5) is 15.4. The molecule has 7 rings (SSSR count). The number of hydrogen-bond donors (Lipinski definition) is 0. The van der Waals surface area contributed by atoms with Crippen molar-refractivity contribution >= 4 is 22.6 Å². The van der Waals surface area contributed by atoms with Crippen LogP contribution in [0.5, 0.6) is 0 Å². The molecule has 0 spiro atoms. The average Bonchev–Trinajstić information content (AvgIpc) is 3.48. The Balaban J connectivity index is 1.12. The lowest BCUT2D eigenvalue weighted by molar-refractivity contribution is 0.0539. The third-order valence-electron chi connectivity index (χ3n) is 8.01. The smallest absolute Gasteiger partial charge is 0.410 e. The molecule has 4 heteroatoms. The van der Waals surface area contributed by atoms with Crippen LogP contribution in [0.15, 0.2) is 89.6 Å². The molecular weight excluding hydrogens is 434 g/mol. The number of furan rings is 1. The van der Waals surface area contributed by atoms with Crippen LogP contribution in [0.2, 0.25) is 0 Å². The number of piperidine rings is 1. The molecule has 0 saturated carbocycles. The first-order valence-corrected chi connectivity index (χ1v) is 12.6. The summed E-state index contributed by atoms with van der Waals surface area (Å²) in [5.41, 5.74) is 8.45. The number of amides is 1. The average molecular weight is 462 g/mol. The van der Waals surface area contributed by atoms with Gasteiger partial charge in [-0.05, 0) is 77.3 Å². The molecule has 3 heterocycles. The van der Waals surface area contributed by atoms with Gasteiger partial charge in [-0.3, -0.25) is 4.90 Å². The Labute approximate surface area is 204 Å². The maximum absolute atomic E-state index is 13.4. The van der Waals surface area contributed by atoms with Gasteiger partial charge in [-0.15, -0.1) is 0 Å². The van der Waals surface area contributed by atoms with Gasteiger partial charge in [-0.2, -0.15) is 0 Å². The van der Waals surface area contributed by atoms with Crippen molar-refractivity contribution in [3.8, 4) is 11.1 Å². The van der Waals surface area contributed by atoms with Crippen molar-refractivity contribution in [1.29, 1.82) is 0 Å². The number of ether oxygens (including phenoxy) is 1. The van der Waals surface area contributed by atoms with E-state index in [-0.39, 0.29) is 24.1 Å². The Morgan fingerprint density at radius 3 is 2.49 bits per heavy atom. The van der Waals surface area contributed by atoms with Crippen LogP contribution >= 0.6 is 0 Å². The van der Waals surface area contributed by atoms with Crippen molar-refractivity contribution < 1.29 is 13.9 Å². The Morgan fingerprint density at radius 1 is 0.943 bits per heavy atom. The van der Waals surface area contributed by atoms with Crippen LogP contribution in [0, 0.1) is 0 Å². The highest BCUT2D eigenvalue weighted by Crippen LogP contribution is 2.45. The molecule has 1 amide bonds. The van der Waals surface area contributed by atoms with Crippen LogP contribution in [0.3, 0.4) is 0 Å². The highest BCUT2D eigenvalue weighted by atomic mass is 16.6. The van der Waals surface area contributed by atoms with Gasteiger partial charge in [0.2, 0.25) is 0 Å². The molecule has 0 radical (unpaired) electrons. The number of carbonyl (C=O) groups is 1. The second-order valence-electron chi connectivity index (χ2n) is 9.93. The van der Waals surface area contributed by atoms with Crippen LogP contribution in [0.1, 0.15) is 48.3 Å². The molecule has 2 unspecified atom stereocenters. The highest BCUT2D eigenvalue weighted by molar-refractivity contribution is 5.84. The Morgan fingerprint density at radius 2 is 1.71 bits per heavy atom. The molecule has 35 heavy (non-hydrogen) atoms.